The van der Waals surface area contributed by atoms with Crippen LogP contribution in [-0.4, -0.2) is 33.0 Å². The Balaban J connectivity index is 2.08. The number of amides is 1. The molecule has 0 fully saturated rings. The number of hydrogen-bond donors (Lipinski definition) is 0. The average Bonchev–Trinajstić information content (AvgIpc) is 2.72. The standard InChI is InChI=1S/C15H15NO3/c1-18-13(19-2)9-16-12-8-4-6-10-5-3-7-11(14(10)12)15(16)17/h3-8,13H,9H2,1-2H3. The van der Waals surface area contributed by atoms with Crippen LogP contribution in [0, 0.1) is 0 Å². The first-order valence-electron chi connectivity index (χ1n) is 6.15. The highest BCUT2D eigenvalue weighted by molar-refractivity contribution is 6.25. The maximum absolute atomic E-state index is 12.5. The number of nitrogens with zero attached hydrogens (tertiary/aromatic N) is 1. The lowest BCUT2D eigenvalue weighted by molar-refractivity contribution is -0.0941. The van der Waals surface area contributed by atoms with E-state index >= 15 is 0 Å². The van der Waals surface area contributed by atoms with Crippen LogP contribution in [0.15, 0.2) is 36.4 Å². The van der Waals surface area contributed by atoms with E-state index in [9.17, 15) is 4.79 Å². The number of methoxy groups -OCH3 is 2. The molecule has 2 aromatic rings. The van der Waals surface area contributed by atoms with Crippen molar-refractivity contribution in [2.75, 3.05) is 25.7 Å². The first-order chi connectivity index (χ1) is 9.26. The number of anilines is 1. The van der Waals surface area contributed by atoms with Crippen LogP contribution in [0.25, 0.3) is 10.8 Å². The molecule has 0 N–H and O–H groups in total. The molecule has 0 radical (unpaired) electrons. The van der Waals surface area contributed by atoms with Crippen molar-refractivity contribution in [3.63, 3.8) is 0 Å². The van der Waals surface area contributed by atoms with Crippen LogP contribution in [0.2, 0.25) is 0 Å². The van der Waals surface area contributed by atoms with Crippen molar-refractivity contribution < 1.29 is 14.3 Å². The highest BCUT2D eigenvalue weighted by Crippen LogP contribution is 2.37. The van der Waals surface area contributed by atoms with Gasteiger partial charge >= 0.3 is 0 Å². The molecule has 19 heavy (non-hydrogen) atoms. The number of carbonyl (C=O) groups excluding carboxylic acids is 1. The third-order valence-corrected chi connectivity index (χ3v) is 3.51. The summed E-state index contributed by atoms with van der Waals surface area (Å²) in [5.41, 5.74) is 1.68. The second-order valence-corrected chi connectivity index (χ2v) is 4.50. The monoisotopic (exact) mass is 257 g/mol. The fourth-order valence-electron chi connectivity index (χ4n) is 2.55. The molecule has 1 aliphatic heterocycles. The summed E-state index contributed by atoms with van der Waals surface area (Å²) < 4.78 is 10.4. The molecule has 0 spiro atoms. The maximum atomic E-state index is 12.5. The zero-order valence-corrected chi connectivity index (χ0v) is 10.9. The summed E-state index contributed by atoms with van der Waals surface area (Å²) in [4.78, 5) is 14.2. The number of carbonyl (C=O) groups is 1. The van der Waals surface area contributed by atoms with Crippen LogP contribution in [0.3, 0.4) is 0 Å². The largest absolute Gasteiger partial charge is 0.354 e. The molecule has 0 bridgehead atoms. The van der Waals surface area contributed by atoms with Gasteiger partial charge in [-0.2, -0.15) is 0 Å². The van der Waals surface area contributed by atoms with E-state index in [0.717, 1.165) is 22.0 Å². The Morgan fingerprint density at radius 2 is 1.79 bits per heavy atom. The van der Waals surface area contributed by atoms with Gasteiger partial charge in [-0.25, -0.2) is 0 Å². The third kappa shape index (κ3) is 1.80. The van der Waals surface area contributed by atoms with Crippen LogP contribution in [-0.2, 0) is 9.47 Å². The Hall–Kier alpha value is -1.91. The summed E-state index contributed by atoms with van der Waals surface area (Å²) in [5, 5.41) is 2.10. The van der Waals surface area contributed by atoms with Gasteiger partial charge in [0.1, 0.15) is 0 Å². The summed E-state index contributed by atoms with van der Waals surface area (Å²) >= 11 is 0. The van der Waals surface area contributed by atoms with E-state index in [4.69, 9.17) is 9.47 Å². The van der Waals surface area contributed by atoms with Gasteiger partial charge in [-0.1, -0.05) is 24.3 Å². The predicted octanol–water partition coefficient (Wildman–Crippen LogP) is 2.42. The lowest BCUT2D eigenvalue weighted by Gasteiger charge is -2.22. The number of hydrogen-bond acceptors (Lipinski definition) is 3. The molecule has 4 heteroatoms. The number of ether oxygens (including phenoxy) is 2. The normalized spacial score (nSPS) is 13.8. The zero-order chi connectivity index (χ0) is 13.4. The molecular weight excluding hydrogens is 242 g/mol. The highest BCUT2D eigenvalue weighted by atomic mass is 16.7. The molecule has 0 saturated carbocycles. The van der Waals surface area contributed by atoms with Crippen molar-refractivity contribution in [2.45, 2.75) is 6.29 Å². The molecule has 0 aromatic heterocycles. The first kappa shape index (κ1) is 12.1. The van der Waals surface area contributed by atoms with E-state index < -0.39 is 6.29 Å². The number of benzene rings is 2. The Morgan fingerprint density at radius 1 is 1.11 bits per heavy atom. The molecular formula is C15H15NO3. The lowest BCUT2D eigenvalue weighted by atomic mass is 10.1. The Bertz CT molecular complexity index is 629. The quantitative estimate of drug-likeness (QED) is 0.790. The molecule has 0 unspecified atom stereocenters. The molecule has 98 valence electrons. The van der Waals surface area contributed by atoms with Crippen molar-refractivity contribution in [3.8, 4) is 0 Å². The molecule has 4 nitrogen and oxygen atoms in total. The summed E-state index contributed by atoms with van der Waals surface area (Å²) in [6, 6.07) is 11.7. The zero-order valence-electron chi connectivity index (χ0n) is 10.9. The van der Waals surface area contributed by atoms with Gasteiger partial charge in [-0.3, -0.25) is 4.79 Å². The second-order valence-electron chi connectivity index (χ2n) is 4.50. The van der Waals surface area contributed by atoms with Crippen molar-refractivity contribution in [2.24, 2.45) is 0 Å². The molecule has 1 aliphatic rings. The van der Waals surface area contributed by atoms with Gasteiger partial charge in [0.2, 0.25) is 0 Å². The van der Waals surface area contributed by atoms with Crippen LogP contribution in [0.5, 0.6) is 0 Å². The van der Waals surface area contributed by atoms with E-state index in [0.29, 0.717) is 6.54 Å². The van der Waals surface area contributed by atoms with E-state index in [1.54, 1.807) is 19.1 Å². The van der Waals surface area contributed by atoms with E-state index in [1.807, 2.05) is 36.4 Å². The average molecular weight is 257 g/mol. The summed E-state index contributed by atoms with van der Waals surface area (Å²) in [6.45, 7) is 0.389. The van der Waals surface area contributed by atoms with E-state index in [-0.39, 0.29) is 5.91 Å². The minimum Gasteiger partial charge on any atom is -0.354 e. The van der Waals surface area contributed by atoms with Crippen LogP contribution >= 0.6 is 0 Å². The van der Waals surface area contributed by atoms with Gasteiger partial charge in [0.25, 0.3) is 5.91 Å². The molecule has 0 atom stereocenters. The van der Waals surface area contributed by atoms with Crippen LogP contribution in [0.4, 0.5) is 5.69 Å². The fraction of sp³-hybridized carbons (Fsp3) is 0.267. The summed E-state index contributed by atoms with van der Waals surface area (Å²) in [7, 11) is 3.14. The first-order valence-corrected chi connectivity index (χ1v) is 6.15. The van der Waals surface area contributed by atoms with Crippen LogP contribution in [0.1, 0.15) is 10.4 Å². The van der Waals surface area contributed by atoms with Gasteiger partial charge in [0, 0.05) is 25.2 Å². The molecule has 0 saturated heterocycles. The van der Waals surface area contributed by atoms with Gasteiger partial charge < -0.3 is 14.4 Å². The molecule has 3 rings (SSSR count). The number of rotatable bonds is 4. The molecule has 1 amide bonds. The maximum Gasteiger partial charge on any atom is 0.259 e. The van der Waals surface area contributed by atoms with E-state index in [2.05, 4.69) is 0 Å². The SMILES string of the molecule is COC(CN1C(=O)c2cccc3cccc1c23)OC. The van der Waals surface area contributed by atoms with Crippen LogP contribution < -0.4 is 4.90 Å². The topological polar surface area (TPSA) is 38.8 Å². The van der Waals surface area contributed by atoms with Gasteiger partial charge in [0.15, 0.2) is 6.29 Å². The van der Waals surface area contributed by atoms with Gasteiger partial charge in [0.05, 0.1) is 12.2 Å². The summed E-state index contributed by atoms with van der Waals surface area (Å²) in [5.74, 6) is 0.00546. The molecule has 0 aliphatic carbocycles. The smallest absolute Gasteiger partial charge is 0.259 e. The molecule has 1 heterocycles. The Morgan fingerprint density at radius 3 is 2.47 bits per heavy atom. The van der Waals surface area contributed by atoms with Crippen molar-refractivity contribution in [1.29, 1.82) is 0 Å². The lowest BCUT2D eigenvalue weighted by Crippen LogP contribution is -2.36. The van der Waals surface area contributed by atoms with Gasteiger partial charge in [-0.05, 0) is 17.5 Å². The van der Waals surface area contributed by atoms with E-state index in [1.165, 1.54) is 0 Å². The second kappa shape index (κ2) is 4.64. The highest BCUT2D eigenvalue weighted by Gasteiger charge is 2.31. The Labute approximate surface area is 111 Å². The molecule has 2 aromatic carbocycles. The predicted molar refractivity (Wildman–Crippen MR) is 73.4 cm³/mol. The summed E-state index contributed by atoms with van der Waals surface area (Å²) in [6.07, 6.45) is -0.423. The van der Waals surface area contributed by atoms with Gasteiger partial charge in [-0.15, -0.1) is 0 Å². The minimum atomic E-state index is -0.423. The third-order valence-electron chi connectivity index (χ3n) is 3.51. The minimum absolute atomic E-state index is 0.00546. The van der Waals surface area contributed by atoms with Crippen molar-refractivity contribution in [1.82, 2.24) is 0 Å². The Kier molecular flexibility index (Phi) is 2.97. The van der Waals surface area contributed by atoms with Crippen molar-refractivity contribution in [3.05, 3.63) is 42.0 Å². The fourth-order valence-corrected chi connectivity index (χ4v) is 2.55. The van der Waals surface area contributed by atoms with Crippen molar-refractivity contribution >= 4 is 22.4 Å².